The fourth-order valence-electron chi connectivity index (χ4n) is 5.63. The van der Waals surface area contributed by atoms with Gasteiger partial charge in [0.15, 0.2) is 0 Å². The van der Waals surface area contributed by atoms with Gasteiger partial charge in [-0.1, -0.05) is 0 Å². The van der Waals surface area contributed by atoms with Crippen LogP contribution in [0.5, 0.6) is 0 Å². The first kappa shape index (κ1) is 24.7. The van der Waals surface area contributed by atoms with E-state index in [1.807, 2.05) is 6.07 Å². The first-order valence-electron chi connectivity index (χ1n) is 9.93. The molecule has 4 rings (SSSR count). The standard InChI is InChI=1S/C13H9O.C9H13.2CH3.2ClH.H2Si.Zr/c1-2-5-11-10(4-1)7-8-12(11)13-6-3-9-14-13;1-6-5-7(2)9(4)8(6)3;;;;;;/h1-9H;6H,1-4H3;2*1H3;2*1H;1H2;. The Hall–Kier alpha value is -0.600. The van der Waals surface area contributed by atoms with Crippen molar-refractivity contribution < 1.29 is 21.8 Å². The maximum absolute atomic E-state index is 5.81. The molecule has 0 saturated carbocycles. The minimum Gasteiger partial charge on any atom is -0.147 e. The van der Waals surface area contributed by atoms with Crippen molar-refractivity contribution in [3.8, 4) is 0 Å². The van der Waals surface area contributed by atoms with Crippen LogP contribution in [0.25, 0.3) is 5.57 Å². The van der Waals surface area contributed by atoms with Gasteiger partial charge in [-0.3, -0.25) is 0 Å². The molecule has 0 saturated heterocycles. The average Bonchev–Trinajstić information content (AvgIpc) is 3.30. The molecule has 1 aromatic heterocycles. The first-order chi connectivity index (χ1) is 12.6. The Balaban J connectivity index is 0.00000150. The van der Waals surface area contributed by atoms with Crippen LogP contribution in [0.2, 0.25) is 9.26 Å². The van der Waals surface area contributed by atoms with Crippen LogP contribution in [0.4, 0.5) is 0 Å². The van der Waals surface area contributed by atoms with E-state index < -0.39 is 17.4 Å². The third-order valence-electron chi connectivity index (χ3n) is 7.23. The second-order valence-corrected chi connectivity index (χ2v) is 39.0. The smallest absolute Gasteiger partial charge is 0.147 e. The molecule has 1 aromatic carbocycles. The van der Waals surface area contributed by atoms with Crippen LogP contribution in [-0.2, 0) is 17.4 Å². The van der Waals surface area contributed by atoms with Crippen molar-refractivity contribution >= 4 is 37.3 Å². The number of halogens is 2. The summed E-state index contributed by atoms with van der Waals surface area (Å²) in [4.78, 5) is 0. The van der Waals surface area contributed by atoms with Crippen molar-refractivity contribution in [2.75, 3.05) is 0 Å². The number of allylic oxidation sites excluding steroid dienone is 5. The van der Waals surface area contributed by atoms with Crippen LogP contribution in [-0.4, -0.2) is 6.88 Å². The zero-order valence-corrected chi connectivity index (χ0v) is 23.7. The molecule has 2 aliphatic rings. The van der Waals surface area contributed by atoms with E-state index >= 15 is 0 Å². The fourth-order valence-corrected chi connectivity index (χ4v) is 24.1. The van der Waals surface area contributed by atoms with Gasteiger partial charge in [-0.25, -0.2) is 0 Å². The normalized spacial score (nSPS) is 21.6. The number of rotatable bonds is 3. The van der Waals surface area contributed by atoms with E-state index in [0.717, 1.165) is 5.76 Å². The van der Waals surface area contributed by atoms with E-state index in [4.69, 9.17) is 4.42 Å². The van der Waals surface area contributed by atoms with Gasteiger partial charge < -0.3 is 0 Å². The molecule has 0 fully saturated rings. The summed E-state index contributed by atoms with van der Waals surface area (Å²) < 4.78 is 13.4. The number of benzene rings is 1. The summed E-state index contributed by atoms with van der Waals surface area (Å²) in [6, 6.07) is 13.1. The molecule has 2 atom stereocenters. The largest absolute Gasteiger partial charge is 0.147 e. The van der Waals surface area contributed by atoms with Crippen molar-refractivity contribution in [2.24, 2.45) is 5.92 Å². The summed E-state index contributed by atoms with van der Waals surface area (Å²) in [6.45, 7) is 11.8. The summed E-state index contributed by atoms with van der Waals surface area (Å²) in [7, 11) is 0. The predicted molar refractivity (Wildman–Crippen MR) is 130 cm³/mol. The third-order valence-corrected chi connectivity index (χ3v) is 24.5. The van der Waals surface area contributed by atoms with E-state index in [9.17, 15) is 0 Å². The van der Waals surface area contributed by atoms with Gasteiger partial charge in [-0.15, -0.1) is 24.8 Å². The molecule has 1 heterocycles. The molecule has 0 N–H and O–H groups in total. The molecule has 1 nitrogen and oxygen atoms in total. The number of fused-ring (bicyclic) bond motifs is 1. The van der Waals surface area contributed by atoms with Crippen molar-refractivity contribution in [2.45, 2.75) is 40.6 Å². The van der Waals surface area contributed by atoms with Crippen molar-refractivity contribution in [3.05, 3.63) is 85.6 Å². The minimum atomic E-state index is -3.30. The molecule has 0 radical (unpaired) electrons. The SMILES string of the molecule is CC1=C(C)C(C)[C]([Zr]([CH3])([CH3])(=[SiH2])[CH]2C=C(c3ccco3)c3ccccc32)=C1C.Cl.Cl. The van der Waals surface area contributed by atoms with E-state index in [0.29, 0.717) is 9.54 Å². The van der Waals surface area contributed by atoms with Gasteiger partial charge in [-0.2, -0.15) is 0 Å². The number of furan rings is 1. The molecule has 2 aliphatic carbocycles. The van der Waals surface area contributed by atoms with Crippen LogP contribution >= 0.6 is 24.8 Å². The van der Waals surface area contributed by atoms with Gasteiger partial charge >= 0.3 is 166 Å². The van der Waals surface area contributed by atoms with Crippen LogP contribution < -0.4 is 0 Å². The molecule has 2 unspecified atom stereocenters. The summed E-state index contributed by atoms with van der Waals surface area (Å²) in [5.74, 6) is 1.57. The van der Waals surface area contributed by atoms with Crippen LogP contribution in [0.1, 0.15) is 48.2 Å². The molecule has 0 aliphatic heterocycles. The predicted octanol–water partition coefficient (Wildman–Crippen LogP) is 7.20. The summed E-state index contributed by atoms with van der Waals surface area (Å²) in [5, 5.41) is 0. The molecule has 29 heavy (non-hydrogen) atoms. The van der Waals surface area contributed by atoms with E-state index in [-0.39, 0.29) is 24.8 Å². The maximum Gasteiger partial charge on any atom is -0.147 e. The van der Waals surface area contributed by atoms with Gasteiger partial charge in [0.05, 0.1) is 0 Å². The van der Waals surface area contributed by atoms with Gasteiger partial charge in [0.2, 0.25) is 0 Å². The molecular weight excluding hydrogens is 494 g/mol. The topological polar surface area (TPSA) is 13.1 Å². The van der Waals surface area contributed by atoms with Gasteiger partial charge in [0, 0.05) is 0 Å². The Kier molecular flexibility index (Phi) is 6.93. The molecule has 0 bridgehead atoms. The van der Waals surface area contributed by atoms with Crippen LogP contribution in [0, 0.1) is 5.92 Å². The van der Waals surface area contributed by atoms with Crippen molar-refractivity contribution in [1.29, 1.82) is 0 Å². The van der Waals surface area contributed by atoms with Crippen LogP contribution in [0.3, 0.4) is 0 Å². The van der Waals surface area contributed by atoms with E-state index in [2.05, 4.69) is 80.2 Å². The van der Waals surface area contributed by atoms with Crippen molar-refractivity contribution in [3.63, 3.8) is 0 Å². The summed E-state index contributed by atoms with van der Waals surface area (Å²) in [5.41, 5.74) is 8.81. The maximum atomic E-state index is 5.81. The first-order valence-corrected chi connectivity index (χ1v) is 23.4. The summed E-state index contributed by atoms with van der Waals surface area (Å²) >= 11 is -3.30. The molecule has 5 heteroatoms. The zero-order chi connectivity index (χ0) is 19.6. The number of hydrogen-bond donors (Lipinski definition) is 0. The van der Waals surface area contributed by atoms with E-state index in [1.54, 1.807) is 20.7 Å². The Morgan fingerprint density at radius 3 is 2.14 bits per heavy atom. The van der Waals surface area contributed by atoms with E-state index in [1.165, 1.54) is 22.3 Å². The second-order valence-electron chi connectivity index (χ2n) is 9.50. The second kappa shape index (κ2) is 8.15. The number of hydrogen-bond acceptors (Lipinski definition) is 1. The molecule has 0 amide bonds. The molecule has 2 aromatic rings. The Morgan fingerprint density at radius 2 is 1.59 bits per heavy atom. The monoisotopic (exact) mass is 524 g/mol. The Labute approximate surface area is 190 Å². The Bertz CT molecular complexity index is 1100. The molecule has 0 spiro atoms. The zero-order valence-electron chi connectivity index (χ0n) is 18.2. The van der Waals surface area contributed by atoms with Crippen LogP contribution in [0.15, 0.2) is 73.2 Å². The molecule has 156 valence electrons. The van der Waals surface area contributed by atoms with Gasteiger partial charge in [0.1, 0.15) is 0 Å². The average molecular weight is 527 g/mol. The fraction of sp³-hybridized carbons (Fsp3) is 0.333. The third kappa shape index (κ3) is 3.67. The quantitative estimate of drug-likeness (QED) is 0.386. The Morgan fingerprint density at radius 1 is 0.931 bits per heavy atom. The van der Waals surface area contributed by atoms with Gasteiger partial charge in [0.25, 0.3) is 0 Å². The van der Waals surface area contributed by atoms with Crippen molar-refractivity contribution in [1.82, 2.24) is 0 Å². The molecular formula is C24H32Cl2OSiZr. The summed E-state index contributed by atoms with van der Waals surface area (Å²) in [6.07, 6.45) is 4.32. The van der Waals surface area contributed by atoms with Gasteiger partial charge in [-0.05, 0) is 0 Å². The minimum absolute atomic E-state index is 0.